The number of benzene rings is 1. The monoisotopic (exact) mass is 292 g/mol. The third-order valence-corrected chi connectivity index (χ3v) is 4.27. The summed E-state index contributed by atoms with van der Waals surface area (Å²) in [7, 11) is -3.19. The van der Waals surface area contributed by atoms with Gasteiger partial charge in [0.2, 0.25) is 0 Å². The molecule has 0 aliphatic rings. The van der Waals surface area contributed by atoms with Gasteiger partial charge in [-0.1, -0.05) is 13.0 Å². The average molecular weight is 293 g/mol. The fraction of sp³-hybridized carbons (Fsp3) is 0.400. The molecule has 1 rings (SSSR count). The molecule has 0 aliphatic carbocycles. The molecule has 0 fully saturated rings. The molecular formula is C10H13BrO3S. The highest BCUT2D eigenvalue weighted by Crippen LogP contribution is 2.26. The summed E-state index contributed by atoms with van der Waals surface area (Å²) in [5.74, 6) is 0.00918. The normalized spacial score (nSPS) is 13.9. The van der Waals surface area contributed by atoms with Crippen molar-refractivity contribution in [1.29, 1.82) is 0 Å². The minimum atomic E-state index is -3.19. The van der Waals surface area contributed by atoms with E-state index in [1.165, 1.54) is 6.26 Å². The summed E-state index contributed by atoms with van der Waals surface area (Å²) in [6.45, 7) is 1.92. The van der Waals surface area contributed by atoms with Crippen molar-refractivity contribution in [2.24, 2.45) is 0 Å². The van der Waals surface area contributed by atoms with Crippen LogP contribution >= 0.6 is 15.9 Å². The number of hydrogen-bond acceptors (Lipinski definition) is 3. The van der Waals surface area contributed by atoms with Crippen molar-refractivity contribution < 1.29 is 13.5 Å². The molecule has 0 aliphatic heterocycles. The molecular weight excluding hydrogens is 280 g/mol. The molecule has 0 spiro atoms. The molecule has 0 bridgehead atoms. The highest BCUT2D eigenvalue weighted by atomic mass is 79.9. The zero-order valence-corrected chi connectivity index (χ0v) is 11.0. The van der Waals surface area contributed by atoms with Gasteiger partial charge >= 0.3 is 0 Å². The van der Waals surface area contributed by atoms with Gasteiger partial charge in [0.15, 0.2) is 9.84 Å². The molecule has 15 heavy (non-hydrogen) atoms. The molecule has 1 aromatic carbocycles. The van der Waals surface area contributed by atoms with Gasteiger partial charge in [-0.3, -0.25) is 0 Å². The van der Waals surface area contributed by atoms with Crippen LogP contribution in [0.4, 0.5) is 0 Å². The van der Waals surface area contributed by atoms with E-state index in [9.17, 15) is 8.42 Å². The van der Waals surface area contributed by atoms with E-state index in [-0.39, 0.29) is 17.4 Å². The third-order valence-electron chi connectivity index (χ3n) is 2.20. The topological polar surface area (TPSA) is 54.4 Å². The number of rotatable bonds is 3. The second-order valence-electron chi connectivity index (χ2n) is 3.55. The summed E-state index contributed by atoms with van der Waals surface area (Å²) in [6, 6.07) is 5.01. The summed E-state index contributed by atoms with van der Waals surface area (Å²) in [6.07, 6.45) is 1.17. The molecule has 3 nitrogen and oxygen atoms in total. The zero-order chi connectivity index (χ0) is 11.6. The second kappa shape index (κ2) is 4.63. The van der Waals surface area contributed by atoms with E-state index in [2.05, 4.69) is 15.9 Å². The van der Waals surface area contributed by atoms with E-state index in [1.54, 1.807) is 18.2 Å². The lowest BCUT2D eigenvalue weighted by atomic mass is 10.0. The Morgan fingerprint density at radius 3 is 2.47 bits per heavy atom. The summed E-state index contributed by atoms with van der Waals surface area (Å²) >= 11 is 3.22. The van der Waals surface area contributed by atoms with Gasteiger partial charge in [0, 0.05) is 23.3 Å². The summed E-state index contributed by atoms with van der Waals surface area (Å²) in [5, 5.41) is 8.97. The molecule has 0 saturated heterocycles. The number of aliphatic hydroxyl groups is 1. The first-order valence-corrected chi connectivity index (χ1v) is 7.15. The first-order valence-electron chi connectivity index (χ1n) is 4.46. The molecule has 5 heteroatoms. The third kappa shape index (κ3) is 3.03. The maximum absolute atomic E-state index is 11.3. The lowest BCUT2D eigenvalue weighted by molar-refractivity contribution is 0.273. The maximum atomic E-state index is 11.3. The van der Waals surface area contributed by atoms with Crippen molar-refractivity contribution in [2.45, 2.75) is 17.7 Å². The van der Waals surface area contributed by atoms with Gasteiger partial charge in [0.25, 0.3) is 0 Å². The SMILES string of the molecule is CC(CO)c1ccc(S(C)(=O)=O)c(Br)c1. The predicted octanol–water partition coefficient (Wildman–Crippen LogP) is 1.95. The number of halogens is 1. The van der Waals surface area contributed by atoms with Crippen LogP contribution in [0.3, 0.4) is 0 Å². The highest BCUT2D eigenvalue weighted by Gasteiger charge is 2.13. The van der Waals surface area contributed by atoms with Crippen LogP contribution in [-0.2, 0) is 9.84 Å². The molecule has 0 aromatic heterocycles. The molecule has 0 heterocycles. The van der Waals surface area contributed by atoms with Gasteiger partial charge < -0.3 is 5.11 Å². The van der Waals surface area contributed by atoms with Crippen molar-refractivity contribution in [3.05, 3.63) is 28.2 Å². The molecule has 1 atom stereocenters. The Balaban J connectivity index is 3.21. The van der Waals surface area contributed by atoms with Crippen molar-refractivity contribution in [1.82, 2.24) is 0 Å². The van der Waals surface area contributed by atoms with E-state index in [0.29, 0.717) is 4.47 Å². The lowest BCUT2D eigenvalue weighted by Crippen LogP contribution is -2.02. The Morgan fingerprint density at radius 1 is 1.47 bits per heavy atom. The van der Waals surface area contributed by atoms with Gasteiger partial charge in [0.1, 0.15) is 0 Å². The highest BCUT2D eigenvalue weighted by molar-refractivity contribution is 9.10. The van der Waals surface area contributed by atoms with Crippen molar-refractivity contribution >= 4 is 25.8 Å². The van der Waals surface area contributed by atoms with Crippen molar-refractivity contribution in [3.8, 4) is 0 Å². The fourth-order valence-corrected chi connectivity index (χ4v) is 3.24. The fourth-order valence-electron chi connectivity index (χ4n) is 1.23. The molecule has 84 valence electrons. The Hall–Kier alpha value is -0.390. The van der Waals surface area contributed by atoms with Crippen LogP contribution in [0.15, 0.2) is 27.6 Å². The van der Waals surface area contributed by atoms with Gasteiger partial charge in [-0.2, -0.15) is 0 Å². The van der Waals surface area contributed by atoms with E-state index < -0.39 is 9.84 Å². The Labute approximate surface area is 98.2 Å². The quantitative estimate of drug-likeness (QED) is 0.926. The standard InChI is InChI=1S/C10H13BrO3S/c1-7(6-12)8-3-4-10(9(11)5-8)15(2,13)14/h3-5,7,12H,6H2,1-2H3. The second-order valence-corrected chi connectivity index (χ2v) is 6.38. The van der Waals surface area contributed by atoms with E-state index in [4.69, 9.17) is 5.11 Å². The number of sulfone groups is 1. The maximum Gasteiger partial charge on any atom is 0.176 e. The Bertz CT molecular complexity index is 454. The van der Waals surface area contributed by atoms with E-state index in [1.807, 2.05) is 6.92 Å². The summed E-state index contributed by atoms with van der Waals surface area (Å²) < 4.78 is 23.2. The van der Waals surface area contributed by atoms with E-state index in [0.717, 1.165) is 5.56 Å². The average Bonchev–Trinajstić information content (AvgIpc) is 2.14. The molecule has 0 saturated carbocycles. The minimum Gasteiger partial charge on any atom is -0.396 e. The van der Waals surface area contributed by atoms with Gasteiger partial charge in [0.05, 0.1) is 4.90 Å². The predicted molar refractivity (Wildman–Crippen MR) is 62.8 cm³/mol. The van der Waals surface area contributed by atoms with Crippen LogP contribution < -0.4 is 0 Å². The molecule has 1 N–H and O–H groups in total. The van der Waals surface area contributed by atoms with Gasteiger partial charge in [-0.25, -0.2) is 8.42 Å². The smallest absolute Gasteiger partial charge is 0.176 e. The summed E-state index contributed by atoms with van der Waals surface area (Å²) in [4.78, 5) is 0.274. The molecule has 1 unspecified atom stereocenters. The molecule has 0 radical (unpaired) electrons. The summed E-state index contributed by atoms with van der Waals surface area (Å²) in [5.41, 5.74) is 0.914. The Kier molecular flexibility index (Phi) is 3.92. The van der Waals surface area contributed by atoms with Gasteiger partial charge in [-0.05, 0) is 33.6 Å². The van der Waals surface area contributed by atoms with Crippen LogP contribution in [0.25, 0.3) is 0 Å². The van der Waals surface area contributed by atoms with Crippen molar-refractivity contribution in [2.75, 3.05) is 12.9 Å². The van der Waals surface area contributed by atoms with Crippen LogP contribution in [0.5, 0.6) is 0 Å². The number of aliphatic hydroxyl groups excluding tert-OH is 1. The molecule has 1 aromatic rings. The lowest BCUT2D eigenvalue weighted by Gasteiger charge is -2.10. The molecule has 0 amide bonds. The van der Waals surface area contributed by atoms with Gasteiger partial charge in [-0.15, -0.1) is 0 Å². The largest absolute Gasteiger partial charge is 0.396 e. The first-order chi connectivity index (χ1) is 6.86. The number of hydrogen-bond donors (Lipinski definition) is 1. The van der Waals surface area contributed by atoms with Crippen LogP contribution in [0, 0.1) is 0 Å². The first kappa shape index (κ1) is 12.7. The zero-order valence-electron chi connectivity index (χ0n) is 8.57. The van der Waals surface area contributed by atoms with E-state index >= 15 is 0 Å². The minimum absolute atomic E-state index is 0.00918. The van der Waals surface area contributed by atoms with Crippen LogP contribution in [-0.4, -0.2) is 26.4 Å². The Morgan fingerprint density at radius 2 is 2.07 bits per heavy atom. The van der Waals surface area contributed by atoms with Crippen LogP contribution in [0.1, 0.15) is 18.4 Å². The van der Waals surface area contributed by atoms with Crippen molar-refractivity contribution in [3.63, 3.8) is 0 Å². The van der Waals surface area contributed by atoms with Crippen LogP contribution in [0.2, 0.25) is 0 Å².